The lowest BCUT2D eigenvalue weighted by Gasteiger charge is -2.24. The zero-order valence-corrected chi connectivity index (χ0v) is 22.2. The molecule has 2 aromatic heterocycles. The van der Waals surface area contributed by atoms with Crippen LogP contribution in [0.15, 0.2) is 51.8 Å². The van der Waals surface area contributed by atoms with Crippen LogP contribution in [-0.4, -0.2) is 56.5 Å². The molecule has 0 spiro atoms. The minimum Gasteiger partial charge on any atom is -0.419 e. The van der Waals surface area contributed by atoms with Gasteiger partial charge in [0.2, 0.25) is 17.7 Å². The van der Waals surface area contributed by atoms with Crippen molar-refractivity contribution in [2.45, 2.75) is 42.9 Å². The van der Waals surface area contributed by atoms with Gasteiger partial charge in [-0.25, -0.2) is 8.42 Å². The Hall–Kier alpha value is -4.69. The van der Waals surface area contributed by atoms with Gasteiger partial charge >= 0.3 is 6.18 Å². The van der Waals surface area contributed by atoms with Crippen LogP contribution in [0, 0.1) is 11.3 Å². The normalized spacial score (nSPS) is 17.1. The second-order valence-corrected chi connectivity index (χ2v) is 11.7. The molecule has 13 nitrogen and oxygen atoms in total. The number of benzene rings is 2. The van der Waals surface area contributed by atoms with Crippen LogP contribution >= 0.6 is 0 Å². The molecule has 1 aliphatic heterocycles. The van der Waals surface area contributed by atoms with E-state index in [-0.39, 0.29) is 34.6 Å². The van der Waals surface area contributed by atoms with Crippen molar-refractivity contribution in [3.8, 4) is 23.2 Å². The second kappa shape index (κ2) is 9.74. The van der Waals surface area contributed by atoms with Crippen molar-refractivity contribution < 1.29 is 30.8 Å². The fourth-order valence-electron chi connectivity index (χ4n) is 4.00. The number of carbonyl (C=O) groups is 1. The van der Waals surface area contributed by atoms with E-state index in [1.54, 1.807) is 13.8 Å². The zero-order chi connectivity index (χ0) is 29.7. The molecular formula is C24H20F3N9O4S. The van der Waals surface area contributed by atoms with Crippen molar-refractivity contribution in [1.82, 2.24) is 30.4 Å². The van der Waals surface area contributed by atoms with E-state index in [9.17, 15) is 31.6 Å². The van der Waals surface area contributed by atoms with Crippen LogP contribution in [0.4, 0.5) is 18.9 Å². The first-order valence-electron chi connectivity index (χ1n) is 11.9. The van der Waals surface area contributed by atoms with Crippen molar-refractivity contribution in [3.05, 3.63) is 59.7 Å². The SMILES string of the molecule is CC(C)(C#N)c1nnc(-c2ccc3c(c2)N(Cc2ccc(-n4nnc(C(F)(F)F)n4)cc2)C(=O)[C@@H](N)CS3(=O)=O)o1. The summed E-state index contributed by atoms with van der Waals surface area (Å²) in [6, 6.07) is 10.7. The van der Waals surface area contributed by atoms with Gasteiger partial charge in [0.1, 0.15) is 5.41 Å². The molecule has 4 aromatic rings. The number of sulfone groups is 1. The van der Waals surface area contributed by atoms with Crippen LogP contribution in [0.3, 0.4) is 0 Å². The van der Waals surface area contributed by atoms with Gasteiger partial charge in [-0.1, -0.05) is 12.1 Å². The molecule has 3 heterocycles. The minimum atomic E-state index is -4.76. The van der Waals surface area contributed by atoms with Crippen molar-refractivity contribution in [2.24, 2.45) is 5.73 Å². The molecule has 2 aromatic carbocycles. The molecule has 1 amide bonds. The summed E-state index contributed by atoms with van der Waals surface area (Å²) in [6.07, 6.45) is -4.76. The first kappa shape index (κ1) is 27.9. The number of nitriles is 1. The predicted molar refractivity (Wildman–Crippen MR) is 134 cm³/mol. The van der Waals surface area contributed by atoms with Gasteiger partial charge in [-0.15, -0.1) is 25.2 Å². The average molecular weight is 588 g/mol. The molecule has 1 atom stereocenters. The number of hydrogen-bond acceptors (Lipinski definition) is 11. The first-order valence-corrected chi connectivity index (χ1v) is 13.5. The highest BCUT2D eigenvalue weighted by atomic mass is 32.2. The Morgan fingerprint density at radius 3 is 2.46 bits per heavy atom. The third kappa shape index (κ3) is 5.26. The number of anilines is 1. The molecule has 5 rings (SSSR count). The molecule has 0 radical (unpaired) electrons. The van der Waals surface area contributed by atoms with Gasteiger partial charge in [-0.3, -0.25) is 4.79 Å². The van der Waals surface area contributed by atoms with E-state index in [2.05, 4.69) is 31.7 Å². The molecule has 41 heavy (non-hydrogen) atoms. The summed E-state index contributed by atoms with van der Waals surface area (Å²) < 4.78 is 70.3. The summed E-state index contributed by atoms with van der Waals surface area (Å²) in [4.78, 5) is 15.1. The van der Waals surface area contributed by atoms with Gasteiger partial charge < -0.3 is 15.1 Å². The summed E-state index contributed by atoms with van der Waals surface area (Å²) >= 11 is 0. The van der Waals surface area contributed by atoms with Crippen molar-refractivity contribution >= 4 is 21.4 Å². The quantitative estimate of drug-likeness (QED) is 0.361. The van der Waals surface area contributed by atoms with Gasteiger partial charge in [0.05, 0.1) is 40.7 Å². The number of amides is 1. The Morgan fingerprint density at radius 2 is 1.83 bits per heavy atom. The second-order valence-electron chi connectivity index (χ2n) is 9.71. The molecule has 212 valence electrons. The highest BCUT2D eigenvalue weighted by Crippen LogP contribution is 2.36. The lowest BCUT2D eigenvalue weighted by atomic mass is 9.96. The summed E-state index contributed by atoms with van der Waals surface area (Å²) in [5, 5.41) is 27.0. The highest BCUT2D eigenvalue weighted by Gasteiger charge is 2.38. The van der Waals surface area contributed by atoms with E-state index in [4.69, 9.17) is 10.2 Å². The van der Waals surface area contributed by atoms with Crippen molar-refractivity contribution in [1.29, 1.82) is 5.26 Å². The van der Waals surface area contributed by atoms with E-state index in [1.807, 2.05) is 0 Å². The molecule has 0 unspecified atom stereocenters. The Morgan fingerprint density at radius 1 is 1.12 bits per heavy atom. The third-order valence-electron chi connectivity index (χ3n) is 6.23. The van der Waals surface area contributed by atoms with Crippen LogP contribution in [0.2, 0.25) is 0 Å². The van der Waals surface area contributed by atoms with Crippen LogP contribution in [0.1, 0.15) is 31.1 Å². The monoisotopic (exact) mass is 587 g/mol. The minimum absolute atomic E-state index is 0.00683. The number of halogens is 3. The third-order valence-corrected chi connectivity index (χ3v) is 8.04. The maximum atomic E-state index is 13.3. The van der Waals surface area contributed by atoms with Gasteiger partial charge in [0.15, 0.2) is 9.84 Å². The van der Waals surface area contributed by atoms with Gasteiger partial charge in [-0.2, -0.15) is 18.4 Å². The lowest BCUT2D eigenvalue weighted by molar-refractivity contribution is -0.145. The van der Waals surface area contributed by atoms with E-state index in [0.29, 0.717) is 15.9 Å². The smallest absolute Gasteiger partial charge is 0.419 e. The van der Waals surface area contributed by atoms with Crippen LogP contribution in [0.5, 0.6) is 0 Å². The number of nitrogens with zero attached hydrogens (tertiary/aromatic N) is 8. The predicted octanol–water partition coefficient (Wildman–Crippen LogP) is 2.18. The number of aromatic nitrogens is 6. The number of alkyl halides is 3. The molecule has 2 N–H and O–H groups in total. The maximum Gasteiger partial charge on any atom is 0.455 e. The standard InChI is InChI=1S/C24H20F3N9O4S/c1-23(2,12-28)22-32-30-19(40-22)14-5-8-18-17(9-14)35(20(37)16(29)11-41(18,38)39)10-13-3-6-15(7-4-13)36-33-21(31-34-36)24(25,26)27/h3-9,16H,10-11,29H2,1-2H3/t16-/m0/s1. The van der Waals surface area contributed by atoms with Crippen LogP contribution < -0.4 is 10.6 Å². The molecule has 0 saturated carbocycles. The molecule has 0 saturated heterocycles. The fourth-order valence-corrected chi connectivity index (χ4v) is 5.56. The van der Waals surface area contributed by atoms with E-state index in [0.717, 1.165) is 0 Å². The highest BCUT2D eigenvalue weighted by molar-refractivity contribution is 7.91. The van der Waals surface area contributed by atoms with E-state index in [1.165, 1.54) is 47.4 Å². The number of tetrazole rings is 1. The van der Waals surface area contributed by atoms with E-state index >= 15 is 0 Å². The number of carbonyl (C=O) groups excluding carboxylic acids is 1. The summed E-state index contributed by atoms with van der Waals surface area (Å²) in [7, 11) is -3.98. The summed E-state index contributed by atoms with van der Waals surface area (Å²) in [5.41, 5.74) is 5.89. The van der Waals surface area contributed by atoms with Crippen molar-refractivity contribution in [3.63, 3.8) is 0 Å². The molecular weight excluding hydrogens is 567 g/mol. The lowest BCUT2D eigenvalue weighted by Crippen LogP contribution is -2.45. The molecule has 0 fully saturated rings. The Balaban J connectivity index is 1.52. The molecule has 0 bridgehead atoms. The van der Waals surface area contributed by atoms with Gasteiger partial charge in [-0.05, 0) is 55.0 Å². The van der Waals surface area contributed by atoms with Crippen LogP contribution in [0.25, 0.3) is 17.1 Å². The van der Waals surface area contributed by atoms with Gasteiger partial charge in [0, 0.05) is 5.56 Å². The summed E-state index contributed by atoms with van der Waals surface area (Å²) in [5.74, 6) is -2.62. The Bertz CT molecular complexity index is 1790. The maximum absolute atomic E-state index is 13.3. The molecule has 0 aliphatic carbocycles. The fraction of sp³-hybridized carbons (Fsp3) is 0.292. The number of rotatable bonds is 5. The topological polar surface area (TPSA) is 187 Å². The van der Waals surface area contributed by atoms with Gasteiger partial charge in [0.25, 0.3) is 5.82 Å². The largest absolute Gasteiger partial charge is 0.455 e. The number of fused-ring (bicyclic) bond motifs is 1. The molecule has 1 aliphatic rings. The molecule has 17 heteroatoms. The number of hydrogen-bond donors (Lipinski definition) is 1. The Kier molecular flexibility index (Phi) is 6.62. The summed E-state index contributed by atoms with van der Waals surface area (Å²) in [6.45, 7) is 3.05. The average Bonchev–Trinajstić information content (AvgIpc) is 3.61. The number of nitrogens with two attached hydrogens (primary N) is 1. The van der Waals surface area contributed by atoms with E-state index < -0.39 is 45.0 Å². The van der Waals surface area contributed by atoms with Crippen LogP contribution in [-0.2, 0) is 32.8 Å². The van der Waals surface area contributed by atoms with Crippen molar-refractivity contribution in [2.75, 3.05) is 10.7 Å². The first-order chi connectivity index (χ1) is 19.2. The zero-order valence-electron chi connectivity index (χ0n) is 21.4. The Labute approximate surface area is 230 Å².